The Morgan fingerprint density at radius 3 is 2.63 bits per heavy atom. The van der Waals surface area contributed by atoms with Gasteiger partial charge in [-0.3, -0.25) is 4.57 Å². The van der Waals surface area contributed by atoms with Crippen LogP contribution in [0.25, 0.3) is 11.2 Å². The van der Waals surface area contributed by atoms with Gasteiger partial charge in [-0.15, -0.1) is 0 Å². The van der Waals surface area contributed by atoms with Crippen LogP contribution in [0.3, 0.4) is 0 Å². The van der Waals surface area contributed by atoms with Crippen molar-refractivity contribution in [2.24, 2.45) is 0 Å². The third kappa shape index (κ3) is 3.37. The van der Waals surface area contributed by atoms with Crippen LogP contribution < -0.4 is 5.73 Å². The predicted octanol–water partition coefficient (Wildman–Crippen LogP) is 0.312. The van der Waals surface area contributed by atoms with Crippen LogP contribution in [0, 0.1) is 0 Å². The minimum absolute atomic E-state index is 0.0755. The molecule has 0 bridgehead atoms. The molecule has 0 aliphatic carbocycles. The van der Waals surface area contributed by atoms with Gasteiger partial charge in [0.2, 0.25) is 5.95 Å². The van der Waals surface area contributed by atoms with Crippen molar-refractivity contribution < 1.29 is 20.1 Å². The van der Waals surface area contributed by atoms with Crippen molar-refractivity contribution in [3.05, 3.63) is 42.2 Å². The zero-order valence-electron chi connectivity index (χ0n) is 14.2. The summed E-state index contributed by atoms with van der Waals surface area (Å²) in [5, 5.41) is 30.2. The number of hydrogen-bond donors (Lipinski definition) is 4. The van der Waals surface area contributed by atoms with Gasteiger partial charge in [0.1, 0.15) is 28.9 Å². The Kier molecular flexibility index (Phi) is 4.98. The summed E-state index contributed by atoms with van der Waals surface area (Å²) in [6.07, 6.45) is -2.78. The zero-order chi connectivity index (χ0) is 19.0. The molecule has 5 N–H and O–H groups in total. The van der Waals surface area contributed by atoms with Crippen molar-refractivity contribution in [1.29, 1.82) is 0 Å². The molecule has 0 saturated carbocycles. The fourth-order valence-corrected chi connectivity index (χ4v) is 3.96. The first-order chi connectivity index (χ1) is 13.1. The second kappa shape index (κ2) is 7.41. The average Bonchev–Trinajstić information content (AvgIpc) is 3.22. The van der Waals surface area contributed by atoms with Crippen molar-refractivity contribution in [2.45, 2.75) is 35.3 Å². The highest BCUT2D eigenvalue weighted by atomic mass is 32.2. The van der Waals surface area contributed by atoms with Gasteiger partial charge in [-0.1, -0.05) is 42.1 Å². The van der Waals surface area contributed by atoms with Gasteiger partial charge >= 0.3 is 0 Å². The number of rotatable bonds is 5. The highest BCUT2D eigenvalue weighted by Crippen LogP contribution is 2.34. The van der Waals surface area contributed by atoms with Gasteiger partial charge in [0, 0.05) is 5.75 Å². The van der Waals surface area contributed by atoms with E-state index in [-0.39, 0.29) is 5.95 Å². The molecule has 3 aromatic rings. The molecule has 27 heavy (non-hydrogen) atoms. The number of hydrogen-bond acceptors (Lipinski definition) is 9. The quantitative estimate of drug-likeness (QED) is 0.358. The molecule has 3 heterocycles. The lowest BCUT2D eigenvalue weighted by molar-refractivity contribution is -0.0511. The molecule has 2 aromatic heterocycles. The molecule has 9 nitrogen and oxygen atoms in total. The molecule has 1 aliphatic heterocycles. The average molecular weight is 389 g/mol. The molecule has 10 heteroatoms. The van der Waals surface area contributed by atoms with Crippen molar-refractivity contribution in [3.63, 3.8) is 0 Å². The molecule has 0 unspecified atom stereocenters. The van der Waals surface area contributed by atoms with Crippen LogP contribution in [0.2, 0.25) is 0 Å². The third-order valence-electron chi connectivity index (χ3n) is 4.42. The standard InChI is InChI=1S/C17H19N5O4S/c18-17-20-14-11(15(21-17)27-7-9-4-2-1-3-5-9)19-8-22(14)16-13(25)12(24)10(6-23)26-16/h1-5,8,10,12-13,16,23-25H,6-7H2,(H2,18,20,21)/t10-,12+,13+,16+/m0/s1. The molecular formula is C17H19N5O4S. The predicted molar refractivity (Wildman–Crippen MR) is 98.7 cm³/mol. The fourth-order valence-electron chi connectivity index (χ4n) is 3.03. The Morgan fingerprint density at radius 2 is 1.93 bits per heavy atom. The maximum absolute atomic E-state index is 10.3. The van der Waals surface area contributed by atoms with Crippen LogP contribution in [0.15, 0.2) is 41.7 Å². The Labute approximate surface area is 158 Å². The van der Waals surface area contributed by atoms with Crippen molar-refractivity contribution in [3.8, 4) is 0 Å². The summed E-state index contributed by atoms with van der Waals surface area (Å²) >= 11 is 1.48. The number of thioether (sulfide) groups is 1. The minimum Gasteiger partial charge on any atom is -0.394 e. The fraction of sp³-hybridized carbons (Fsp3) is 0.353. The second-order valence-electron chi connectivity index (χ2n) is 6.21. The summed E-state index contributed by atoms with van der Waals surface area (Å²) in [6, 6.07) is 9.93. The molecule has 4 rings (SSSR count). The van der Waals surface area contributed by atoms with Crippen LogP contribution in [0.4, 0.5) is 5.95 Å². The smallest absolute Gasteiger partial charge is 0.223 e. The molecule has 1 aromatic carbocycles. The Hall–Kier alpha value is -2.24. The van der Waals surface area contributed by atoms with Crippen LogP contribution >= 0.6 is 11.8 Å². The van der Waals surface area contributed by atoms with Gasteiger partial charge in [-0.05, 0) is 5.56 Å². The molecule has 0 amide bonds. The molecule has 1 fully saturated rings. The highest BCUT2D eigenvalue weighted by Gasteiger charge is 2.44. The number of fused-ring (bicyclic) bond motifs is 1. The van der Waals surface area contributed by atoms with E-state index < -0.39 is 31.1 Å². The van der Waals surface area contributed by atoms with Gasteiger partial charge in [-0.25, -0.2) is 9.97 Å². The van der Waals surface area contributed by atoms with Crippen LogP contribution in [-0.2, 0) is 10.5 Å². The number of aromatic nitrogens is 4. The summed E-state index contributed by atoms with van der Waals surface area (Å²) in [5.41, 5.74) is 7.93. The number of aliphatic hydroxyl groups is 3. The Morgan fingerprint density at radius 1 is 1.15 bits per heavy atom. The Bertz CT molecular complexity index is 938. The van der Waals surface area contributed by atoms with E-state index in [1.807, 2.05) is 30.3 Å². The Balaban J connectivity index is 1.66. The number of imidazole rings is 1. The lowest BCUT2D eigenvalue weighted by Gasteiger charge is -2.16. The first kappa shape index (κ1) is 18.1. The maximum atomic E-state index is 10.3. The molecule has 0 radical (unpaired) electrons. The van der Waals surface area contributed by atoms with Crippen molar-refractivity contribution in [1.82, 2.24) is 19.5 Å². The lowest BCUT2D eigenvalue weighted by atomic mass is 10.1. The number of aliphatic hydroxyl groups excluding tert-OH is 3. The summed E-state index contributed by atoms with van der Waals surface area (Å²) in [7, 11) is 0. The number of anilines is 1. The first-order valence-electron chi connectivity index (χ1n) is 8.37. The van der Waals surface area contributed by atoms with Gasteiger partial charge in [0.15, 0.2) is 11.9 Å². The van der Waals surface area contributed by atoms with Crippen LogP contribution in [-0.4, -0.2) is 59.8 Å². The normalized spacial score (nSPS) is 25.3. The van der Waals surface area contributed by atoms with Gasteiger partial charge in [0.25, 0.3) is 0 Å². The van der Waals surface area contributed by atoms with E-state index in [1.165, 1.54) is 22.7 Å². The largest absolute Gasteiger partial charge is 0.394 e. The summed E-state index contributed by atoms with van der Waals surface area (Å²) in [5.74, 6) is 0.763. The highest BCUT2D eigenvalue weighted by molar-refractivity contribution is 7.98. The summed E-state index contributed by atoms with van der Waals surface area (Å²) in [6.45, 7) is -0.406. The number of nitrogens with zero attached hydrogens (tertiary/aromatic N) is 4. The molecule has 4 atom stereocenters. The van der Waals surface area contributed by atoms with Gasteiger partial charge in [-0.2, -0.15) is 4.98 Å². The number of nitrogens with two attached hydrogens (primary N) is 1. The van der Waals surface area contributed by atoms with E-state index in [1.54, 1.807) is 0 Å². The summed E-state index contributed by atoms with van der Waals surface area (Å²) in [4.78, 5) is 12.9. The van der Waals surface area contributed by atoms with E-state index in [0.29, 0.717) is 21.9 Å². The first-order valence-corrected chi connectivity index (χ1v) is 9.36. The second-order valence-corrected chi connectivity index (χ2v) is 7.18. The van der Waals surface area contributed by atoms with Crippen LogP contribution in [0.5, 0.6) is 0 Å². The monoisotopic (exact) mass is 389 g/mol. The molecule has 0 spiro atoms. The topological polar surface area (TPSA) is 140 Å². The van der Waals surface area contributed by atoms with E-state index in [0.717, 1.165) is 5.56 Å². The van der Waals surface area contributed by atoms with Gasteiger partial charge in [0.05, 0.1) is 12.9 Å². The van der Waals surface area contributed by atoms with Crippen molar-refractivity contribution >= 4 is 28.9 Å². The van der Waals surface area contributed by atoms with Crippen molar-refractivity contribution in [2.75, 3.05) is 12.3 Å². The maximum Gasteiger partial charge on any atom is 0.223 e. The minimum atomic E-state index is -1.23. The van der Waals surface area contributed by atoms with Crippen LogP contribution in [0.1, 0.15) is 11.8 Å². The van der Waals surface area contributed by atoms with E-state index in [2.05, 4.69) is 15.0 Å². The van der Waals surface area contributed by atoms with E-state index in [4.69, 9.17) is 10.5 Å². The summed E-state index contributed by atoms with van der Waals surface area (Å²) < 4.78 is 7.07. The molecular weight excluding hydrogens is 370 g/mol. The zero-order valence-corrected chi connectivity index (χ0v) is 15.0. The SMILES string of the molecule is Nc1nc(SCc2ccccc2)c2ncn([C@@H]3O[C@@H](CO)[C@@H](O)[C@H]3O)c2n1. The molecule has 1 saturated heterocycles. The van der Waals surface area contributed by atoms with E-state index >= 15 is 0 Å². The van der Waals surface area contributed by atoms with E-state index in [9.17, 15) is 15.3 Å². The third-order valence-corrected chi connectivity index (χ3v) is 5.45. The van der Waals surface area contributed by atoms with Gasteiger partial charge < -0.3 is 25.8 Å². The molecule has 142 valence electrons. The molecule has 1 aliphatic rings. The number of benzene rings is 1. The number of nitrogen functional groups attached to an aromatic ring is 1. The number of ether oxygens (including phenoxy) is 1. The lowest BCUT2D eigenvalue weighted by Crippen LogP contribution is -2.33.